The molecule has 0 saturated carbocycles. The Balaban J connectivity index is 6.06. The number of rotatable bonds is 21. The summed E-state index contributed by atoms with van der Waals surface area (Å²) in [6.07, 6.45) is 0.620. The zero-order valence-corrected chi connectivity index (χ0v) is 27.5. The molecule has 0 aromatic heterocycles. The Labute approximate surface area is 265 Å². The molecule has 0 aromatic carbocycles. The minimum Gasteiger partial charge on any atom is -0.480 e. The Bertz CT molecular complexity index is 1040. The highest BCUT2D eigenvalue weighted by Crippen LogP contribution is 2.10. The van der Waals surface area contributed by atoms with E-state index >= 15 is 0 Å². The van der Waals surface area contributed by atoms with Crippen LogP contribution < -0.4 is 43.8 Å². The second kappa shape index (κ2) is 20.3. The molecule has 12 N–H and O–H groups in total. The molecular formula is C29H54N8O8. The highest BCUT2D eigenvalue weighted by atomic mass is 16.4. The maximum absolute atomic E-state index is 13.5. The van der Waals surface area contributed by atoms with Gasteiger partial charge in [0, 0.05) is 6.42 Å². The van der Waals surface area contributed by atoms with Crippen LogP contribution in [0.5, 0.6) is 0 Å². The number of carboxylic acid groups (broad SMARTS) is 1. The standard InChI is InChI=1S/C29H54N8O8/c1-14(2)21(32)26(41)37-23(16(5)6)28(43)35-19(11-12-20(31)38)24(39)34-18(10-8-9-13-30)25(40)36-22(15(3)4)27(42)33-17(7)29(44)45/h14-19,21-23H,8-13,30,32H2,1-7H3,(H2,31,38)(H,33,42)(H,34,39)(H,35,43)(H,36,40)(H,37,41)(H,44,45)/t17-,18-,19-,21-,22-,23-/m0/s1. The zero-order valence-electron chi connectivity index (χ0n) is 27.5. The molecule has 0 bridgehead atoms. The molecule has 0 saturated heterocycles. The number of carboxylic acids is 1. The molecule has 6 amide bonds. The molecule has 258 valence electrons. The van der Waals surface area contributed by atoms with Crippen LogP contribution in [0.25, 0.3) is 0 Å². The summed E-state index contributed by atoms with van der Waals surface area (Å²) in [5.74, 6) is -6.49. The van der Waals surface area contributed by atoms with Gasteiger partial charge in [-0.3, -0.25) is 33.6 Å². The summed E-state index contributed by atoms with van der Waals surface area (Å²) >= 11 is 0. The first kappa shape index (κ1) is 41.2. The Hall–Kier alpha value is -3.79. The van der Waals surface area contributed by atoms with Crippen LogP contribution in [-0.2, 0) is 33.6 Å². The molecule has 0 aliphatic carbocycles. The van der Waals surface area contributed by atoms with Gasteiger partial charge in [-0.25, -0.2) is 0 Å². The van der Waals surface area contributed by atoms with Crippen LogP contribution in [0.4, 0.5) is 0 Å². The van der Waals surface area contributed by atoms with Crippen LogP contribution in [0.2, 0.25) is 0 Å². The summed E-state index contributed by atoms with van der Waals surface area (Å²) < 4.78 is 0. The first-order chi connectivity index (χ1) is 20.8. The monoisotopic (exact) mass is 642 g/mol. The van der Waals surface area contributed by atoms with Crippen LogP contribution in [0.1, 0.15) is 80.6 Å². The van der Waals surface area contributed by atoms with E-state index in [0.29, 0.717) is 19.4 Å². The van der Waals surface area contributed by atoms with Crippen LogP contribution in [-0.4, -0.2) is 89.3 Å². The van der Waals surface area contributed by atoms with E-state index in [2.05, 4.69) is 26.6 Å². The summed E-state index contributed by atoms with van der Waals surface area (Å²) in [6.45, 7) is 11.8. The summed E-state index contributed by atoms with van der Waals surface area (Å²) in [5.41, 5.74) is 16.8. The van der Waals surface area contributed by atoms with Crippen molar-refractivity contribution >= 4 is 41.4 Å². The topological polar surface area (TPSA) is 278 Å². The van der Waals surface area contributed by atoms with Crippen LogP contribution >= 0.6 is 0 Å². The SMILES string of the molecule is CC(C)[C@H](N)C(=O)N[C@H](C(=O)N[C@@H](CCC(N)=O)C(=O)N[C@@H](CCCCN)C(=O)N[C@H](C(=O)N[C@@H](C)C(=O)O)C(C)C)C(C)C. The third kappa shape index (κ3) is 15.2. The van der Waals surface area contributed by atoms with E-state index in [0.717, 1.165) is 0 Å². The maximum Gasteiger partial charge on any atom is 0.325 e. The van der Waals surface area contributed by atoms with E-state index in [4.69, 9.17) is 22.3 Å². The summed E-state index contributed by atoms with van der Waals surface area (Å²) in [7, 11) is 0. The predicted molar refractivity (Wildman–Crippen MR) is 167 cm³/mol. The van der Waals surface area contributed by atoms with E-state index in [1.165, 1.54) is 6.92 Å². The summed E-state index contributed by atoms with van der Waals surface area (Å²) in [4.78, 5) is 88.3. The number of carbonyl (C=O) groups is 7. The highest BCUT2D eigenvalue weighted by molar-refractivity contribution is 5.96. The normalized spacial score (nSPS) is 15.3. The average Bonchev–Trinajstić information content (AvgIpc) is 2.94. The third-order valence-corrected chi connectivity index (χ3v) is 7.14. The first-order valence-corrected chi connectivity index (χ1v) is 15.3. The quantitative estimate of drug-likeness (QED) is 0.0634. The van der Waals surface area contributed by atoms with E-state index in [-0.39, 0.29) is 25.2 Å². The Morgan fingerprint density at radius 3 is 1.49 bits per heavy atom. The van der Waals surface area contributed by atoms with Gasteiger partial charge in [0.2, 0.25) is 35.4 Å². The van der Waals surface area contributed by atoms with Crippen molar-refractivity contribution in [2.45, 2.75) is 117 Å². The minimum absolute atomic E-state index is 0.126. The lowest BCUT2D eigenvalue weighted by atomic mass is 9.99. The van der Waals surface area contributed by atoms with Crippen molar-refractivity contribution in [1.29, 1.82) is 0 Å². The van der Waals surface area contributed by atoms with Gasteiger partial charge in [0.25, 0.3) is 0 Å². The van der Waals surface area contributed by atoms with Crippen molar-refractivity contribution in [3.8, 4) is 0 Å². The number of unbranched alkanes of at least 4 members (excludes halogenated alkanes) is 1. The second-order valence-electron chi connectivity index (χ2n) is 12.2. The van der Waals surface area contributed by atoms with Crippen molar-refractivity contribution in [2.24, 2.45) is 35.0 Å². The number of aliphatic carboxylic acids is 1. The van der Waals surface area contributed by atoms with E-state index in [1.54, 1.807) is 41.5 Å². The lowest BCUT2D eigenvalue weighted by Gasteiger charge is -2.29. The Morgan fingerprint density at radius 2 is 1.04 bits per heavy atom. The zero-order chi connectivity index (χ0) is 35.0. The molecule has 16 nitrogen and oxygen atoms in total. The Morgan fingerprint density at radius 1 is 0.600 bits per heavy atom. The molecule has 0 aliphatic heterocycles. The van der Waals surface area contributed by atoms with E-state index < -0.39 is 89.5 Å². The third-order valence-electron chi connectivity index (χ3n) is 7.14. The van der Waals surface area contributed by atoms with E-state index in [9.17, 15) is 33.6 Å². The molecule has 0 fully saturated rings. The van der Waals surface area contributed by atoms with Gasteiger partial charge < -0.3 is 48.9 Å². The number of hydrogen-bond donors (Lipinski definition) is 9. The molecule has 0 aliphatic rings. The van der Waals surface area contributed by atoms with Gasteiger partial charge >= 0.3 is 5.97 Å². The fourth-order valence-electron chi connectivity index (χ4n) is 4.09. The lowest BCUT2D eigenvalue weighted by Crippen LogP contribution is -2.60. The largest absolute Gasteiger partial charge is 0.480 e. The van der Waals surface area contributed by atoms with Gasteiger partial charge in [-0.05, 0) is 56.9 Å². The van der Waals surface area contributed by atoms with Crippen molar-refractivity contribution in [3.63, 3.8) is 0 Å². The average molecular weight is 643 g/mol. The van der Waals surface area contributed by atoms with Crippen molar-refractivity contribution in [2.75, 3.05) is 6.54 Å². The van der Waals surface area contributed by atoms with Crippen molar-refractivity contribution in [1.82, 2.24) is 26.6 Å². The summed E-state index contributed by atoms with van der Waals surface area (Å²) in [6, 6.07) is -6.74. The molecule has 0 heterocycles. The van der Waals surface area contributed by atoms with E-state index in [1.807, 2.05) is 0 Å². The fraction of sp³-hybridized carbons (Fsp3) is 0.759. The van der Waals surface area contributed by atoms with Gasteiger partial charge in [-0.2, -0.15) is 0 Å². The van der Waals surface area contributed by atoms with Gasteiger partial charge in [-0.15, -0.1) is 0 Å². The highest BCUT2D eigenvalue weighted by Gasteiger charge is 2.34. The first-order valence-electron chi connectivity index (χ1n) is 15.3. The minimum atomic E-state index is -1.31. The Kier molecular flexibility index (Phi) is 18.6. The number of nitrogens with one attached hydrogen (secondary N) is 5. The lowest BCUT2D eigenvalue weighted by molar-refractivity contribution is -0.142. The molecular weight excluding hydrogens is 588 g/mol. The smallest absolute Gasteiger partial charge is 0.325 e. The number of nitrogens with two attached hydrogens (primary N) is 3. The van der Waals surface area contributed by atoms with Gasteiger partial charge in [0.1, 0.15) is 30.2 Å². The van der Waals surface area contributed by atoms with Crippen LogP contribution in [0, 0.1) is 17.8 Å². The van der Waals surface area contributed by atoms with Gasteiger partial charge in [0.05, 0.1) is 6.04 Å². The maximum atomic E-state index is 13.5. The molecule has 6 atom stereocenters. The number of primary amides is 1. The molecule has 0 aromatic rings. The molecule has 0 spiro atoms. The molecule has 0 radical (unpaired) electrons. The van der Waals surface area contributed by atoms with Crippen LogP contribution in [0.3, 0.4) is 0 Å². The van der Waals surface area contributed by atoms with Gasteiger partial charge in [-0.1, -0.05) is 41.5 Å². The molecule has 45 heavy (non-hydrogen) atoms. The predicted octanol–water partition coefficient (Wildman–Crippen LogP) is -1.80. The van der Waals surface area contributed by atoms with Crippen LogP contribution in [0.15, 0.2) is 0 Å². The number of hydrogen-bond acceptors (Lipinski definition) is 9. The summed E-state index contributed by atoms with van der Waals surface area (Å²) in [5, 5.41) is 21.8. The fourth-order valence-corrected chi connectivity index (χ4v) is 4.09. The van der Waals surface area contributed by atoms with Crippen molar-refractivity contribution in [3.05, 3.63) is 0 Å². The van der Waals surface area contributed by atoms with Gasteiger partial charge in [0.15, 0.2) is 0 Å². The van der Waals surface area contributed by atoms with Crippen molar-refractivity contribution < 1.29 is 38.7 Å². The second-order valence-corrected chi connectivity index (χ2v) is 12.2. The molecule has 0 unspecified atom stereocenters. The molecule has 0 rings (SSSR count). The number of carbonyl (C=O) groups excluding carboxylic acids is 6. The molecule has 16 heteroatoms. The number of amides is 6.